The first kappa shape index (κ1) is 14.7. The Bertz CT molecular complexity index is 572. The number of para-hydroxylation sites is 2. The first-order valence-corrected chi connectivity index (χ1v) is 7.00. The third kappa shape index (κ3) is 3.65. The van der Waals surface area contributed by atoms with Crippen molar-refractivity contribution in [2.24, 2.45) is 5.73 Å². The number of ether oxygens (including phenoxy) is 2. The predicted octanol–water partition coefficient (Wildman–Crippen LogP) is 4.03. The maximum absolute atomic E-state index is 6.21. The van der Waals surface area contributed by atoms with Crippen molar-refractivity contribution >= 4 is 11.6 Å². The van der Waals surface area contributed by atoms with Gasteiger partial charge in [0.05, 0.1) is 6.61 Å². The number of benzene rings is 2. The van der Waals surface area contributed by atoms with Gasteiger partial charge < -0.3 is 15.2 Å². The molecule has 0 spiro atoms. The van der Waals surface area contributed by atoms with Crippen molar-refractivity contribution in [2.75, 3.05) is 13.2 Å². The molecule has 4 heteroatoms. The third-order valence-electron chi connectivity index (χ3n) is 2.82. The maximum atomic E-state index is 6.21. The molecule has 20 heavy (non-hydrogen) atoms. The van der Waals surface area contributed by atoms with Crippen LogP contribution in [-0.4, -0.2) is 13.2 Å². The zero-order chi connectivity index (χ0) is 14.4. The Kier molecular flexibility index (Phi) is 5.27. The van der Waals surface area contributed by atoms with Crippen LogP contribution < -0.4 is 15.2 Å². The minimum absolute atomic E-state index is 0.576. The van der Waals surface area contributed by atoms with Crippen molar-refractivity contribution in [1.29, 1.82) is 0 Å². The lowest BCUT2D eigenvalue weighted by Crippen LogP contribution is -2.03. The molecular weight excluding hydrogens is 274 g/mol. The summed E-state index contributed by atoms with van der Waals surface area (Å²) in [6.07, 6.45) is 0.759. The maximum Gasteiger partial charge on any atom is 0.169 e. The smallest absolute Gasteiger partial charge is 0.169 e. The Hall–Kier alpha value is -1.71. The van der Waals surface area contributed by atoms with Crippen LogP contribution in [0.25, 0.3) is 0 Å². The molecule has 0 fully saturated rings. The highest BCUT2D eigenvalue weighted by molar-refractivity contribution is 6.31. The molecule has 0 heterocycles. The van der Waals surface area contributed by atoms with Crippen molar-refractivity contribution in [3.8, 4) is 17.2 Å². The zero-order valence-electron chi connectivity index (χ0n) is 11.4. The lowest BCUT2D eigenvalue weighted by Gasteiger charge is -2.12. The first-order valence-electron chi connectivity index (χ1n) is 6.62. The summed E-state index contributed by atoms with van der Waals surface area (Å²) in [5.74, 6) is 2.08. The molecule has 2 N–H and O–H groups in total. The van der Waals surface area contributed by atoms with E-state index in [0.29, 0.717) is 29.7 Å². The number of nitrogens with two attached hydrogens (primary N) is 1. The van der Waals surface area contributed by atoms with Gasteiger partial charge in [-0.25, -0.2) is 0 Å². The molecule has 106 valence electrons. The molecule has 3 nitrogen and oxygen atoms in total. The summed E-state index contributed by atoms with van der Waals surface area (Å²) < 4.78 is 11.4. The van der Waals surface area contributed by atoms with Crippen LogP contribution in [0, 0.1) is 0 Å². The van der Waals surface area contributed by atoms with Crippen LogP contribution in [0.4, 0.5) is 0 Å². The van der Waals surface area contributed by atoms with Crippen LogP contribution in [-0.2, 0) is 6.42 Å². The number of hydrogen-bond acceptors (Lipinski definition) is 3. The van der Waals surface area contributed by atoms with Crippen LogP contribution in [0.15, 0.2) is 42.5 Å². The predicted molar refractivity (Wildman–Crippen MR) is 81.9 cm³/mol. The molecule has 2 aromatic carbocycles. The van der Waals surface area contributed by atoms with E-state index in [1.54, 1.807) is 6.07 Å². The van der Waals surface area contributed by atoms with Crippen molar-refractivity contribution < 1.29 is 9.47 Å². The second-order valence-corrected chi connectivity index (χ2v) is 4.68. The molecule has 0 radical (unpaired) electrons. The van der Waals surface area contributed by atoms with Crippen molar-refractivity contribution in [2.45, 2.75) is 13.3 Å². The van der Waals surface area contributed by atoms with Gasteiger partial charge in [-0.3, -0.25) is 0 Å². The van der Waals surface area contributed by atoms with E-state index in [0.717, 1.165) is 17.7 Å². The molecule has 0 bridgehead atoms. The Balaban J connectivity index is 2.20. The van der Waals surface area contributed by atoms with Gasteiger partial charge >= 0.3 is 0 Å². The van der Waals surface area contributed by atoms with Crippen LogP contribution in [0.3, 0.4) is 0 Å². The molecule has 0 unspecified atom stereocenters. The van der Waals surface area contributed by atoms with E-state index in [9.17, 15) is 0 Å². The van der Waals surface area contributed by atoms with Crippen molar-refractivity contribution in [3.05, 3.63) is 53.1 Å². The largest absolute Gasteiger partial charge is 0.490 e. The molecule has 0 saturated carbocycles. The normalized spacial score (nSPS) is 10.3. The van der Waals surface area contributed by atoms with Gasteiger partial charge in [-0.1, -0.05) is 29.8 Å². The van der Waals surface area contributed by atoms with Gasteiger partial charge in [0.1, 0.15) is 5.75 Å². The van der Waals surface area contributed by atoms with E-state index in [2.05, 4.69) is 0 Å². The topological polar surface area (TPSA) is 44.5 Å². The van der Waals surface area contributed by atoms with E-state index >= 15 is 0 Å². The number of rotatable bonds is 6. The summed E-state index contributed by atoms with van der Waals surface area (Å²) in [5, 5.41) is 0.668. The van der Waals surface area contributed by atoms with Crippen LogP contribution in [0.5, 0.6) is 17.2 Å². The van der Waals surface area contributed by atoms with Crippen LogP contribution in [0.2, 0.25) is 5.02 Å². The minimum Gasteiger partial charge on any atom is -0.490 e. The second kappa shape index (κ2) is 7.17. The standard InChI is InChI=1S/C16H18ClNO2/c1-2-19-15-5-3-4-6-16(15)20-13-8-7-12(9-10-18)14(17)11-13/h3-8,11H,2,9-10,18H2,1H3. The van der Waals surface area contributed by atoms with E-state index < -0.39 is 0 Å². The molecule has 0 aliphatic rings. The van der Waals surface area contributed by atoms with Gasteiger partial charge in [-0.15, -0.1) is 0 Å². The number of hydrogen-bond donors (Lipinski definition) is 1. The molecule has 0 atom stereocenters. The Morgan fingerprint density at radius 2 is 1.85 bits per heavy atom. The van der Waals surface area contributed by atoms with Gasteiger partial charge in [-0.2, -0.15) is 0 Å². The highest BCUT2D eigenvalue weighted by Crippen LogP contribution is 2.33. The molecular formula is C16H18ClNO2. The SMILES string of the molecule is CCOc1ccccc1Oc1ccc(CCN)c(Cl)c1. The fraction of sp³-hybridized carbons (Fsp3) is 0.250. The Morgan fingerprint density at radius 3 is 2.50 bits per heavy atom. The molecule has 0 aliphatic carbocycles. The third-order valence-corrected chi connectivity index (χ3v) is 3.17. The van der Waals surface area contributed by atoms with E-state index in [1.807, 2.05) is 43.3 Å². The van der Waals surface area contributed by atoms with Gasteiger partial charge in [-0.05, 0) is 49.7 Å². The van der Waals surface area contributed by atoms with Gasteiger partial charge in [0, 0.05) is 5.02 Å². The zero-order valence-corrected chi connectivity index (χ0v) is 12.2. The molecule has 2 aromatic rings. The fourth-order valence-electron chi connectivity index (χ4n) is 1.89. The summed E-state index contributed by atoms with van der Waals surface area (Å²) in [7, 11) is 0. The summed E-state index contributed by atoms with van der Waals surface area (Å²) in [5.41, 5.74) is 6.57. The summed E-state index contributed by atoms with van der Waals surface area (Å²) in [6, 6.07) is 13.2. The lowest BCUT2D eigenvalue weighted by molar-refractivity contribution is 0.321. The van der Waals surface area contributed by atoms with E-state index in [1.165, 1.54) is 0 Å². The molecule has 0 saturated heterocycles. The average molecular weight is 292 g/mol. The quantitative estimate of drug-likeness (QED) is 0.874. The number of halogens is 1. The summed E-state index contributed by atoms with van der Waals surface area (Å²) >= 11 is 6.21. The van der Waals surface area contributed by atoms with Crippen molar-refractivity contribution in [3.63, 3.8) is 0 Å². The van der Waals surface area contributed by atoms with Gasteiger partial charge in [0.15, 0.2) is 11.5 Å². The monoisotopic (exact) mass is 291 g/mol. The van der Waals surface area contributed by atoms with Gasteiger partial charge in [0.25, 0.3) is 0 Å². The Labute approximate surface area is 124 Å². The van der Waals surface area contributed by atoms with Gasteiger partial charge in [0.2, 0.25) is 0 Å². The lowest BCUT2D eigenvalue weighted by atomic mass is 10.1. The molecule has 0 amide bonds. The second-order valence-electron chi connectivity index (χ2n) is 4.27. The Morgan fingerprint density at radius 1 is 1.10 bits per heavy atom. The molecule has 0 aromatic heterocycles. The van der Waals surface area contributed by atoms with E-state index in [4.69, 9.17) is 26.8 Å². The minimum atomic E-state index is 0.576. The van der Waals surface area contributed by atoms with Crippen molar-refractivity contribution in [1.82, 2.24) is 0 Å². The van der Waals surface area contributed by atoms with Crippen LogP contribution >= 0.6 is 11.6 Å². The molecule has 0 aliphatic heterocycles. The fourth-order valence-corrected chi connectivity index (χ4v) is 2.15. The summed E-state index contributed by atoms with van der Waals surface area (Å²) in [6.45, 7) is 3.11. The highest BCUT2D eigenvalue weighted by atomic mass is 35.5. The molecule has 2 rings (SSSR count). The van der Waals surface area contributed by atoms with Crippen LogP contribution in [0.1, 0.15) is 12.5 Å². The highest BCUT2D eigenvalue weighted by Gasteiger charge is 2.07. The summed E-state index contributed by atoms with van der Waals surface area (Å²) in [4.78, 5) is 0. The first-order chi connectivity index (χ1) is 9.74. The average Bonchev–Trinajstić information content (AvgIpc) is 2.44. The van der Waals surface area contributed by atoms with E-state index in [-0.39, 0.29) is 0 Å².